The van der Waals surface area contributed by atoms with Crippen LogP contribution in [-0.4, -0.2) is 23.4 Å². The highest BCUT2D eigenvalue weighted by atomic mass is 19.4. The summed E-state index contributed by atoms with van der Waals surface area (Å²) in [7, 11) is 1.54. The van der Waals surface area contributed by atoms with Crippen LogP contribution in [-0.2, 0) is 19.1 Å². The number of benzene rings is 2. The summed E-state index contributed by atoms with van der Waals surface area (Å²) in [6, 6.07) is 12.4. The smallest absolute Gasteiger partial charge is 0.416 e. The average Bonchev–Trinajstić information content (AvgIpc) is 2.82. The molecule has 6 nitrogen and oxygen atoms in total. The van der Waals surface area contributed by atoms with Crippen LogP contribution in [0.3, 0.4) is 0 Å². The molecular weight excluding hydrogens is 449 g/mol. The molecule has 1 aliphatic carbocycles. The molecule has 0 atom stereocenters. The van der Waals surface area contributed by atoms with Crippen LogP contribution >= 0.6 is 0 Å². The van der Waals surface area contributed by atoms with Gasteiger partial charge in [-0.15, -0.1) is 0 Å². The molecule has 1 N–H and O–H groups in total. The number of carbonyl (C=O) groups excluding carboxylic acids is 2. The van der Waals surface area contributed by atoms with E-state index in [2.05, 4.69) is 5.32 Å². The molecule has 1 aliphatic rings. The predicted octanol–water partition coefficient (Wildman–Crippen LogP) is 4.31. The van der Waals surface area contributed by atoms with Crippen LogP contribution < -0.4 is 15.6 Å². The van der Waals surface area contributed by atoms with Crippen LogP contribution in [0.15, 0.2) is 59.4 Å². The molecule has 0 spiro atoms. The fraction of sp³-hybridized carbons (Fsp3) is 0.240. The van der Waals surface area contributed by atoms with Gasteiger partial charge in [0.25, 0.3) is 11.5 Å². The molecule has 9 heteroatoms. The van der Waals surface area contributed by atoms with Crippen molar-refractivity contribution in [1.82, 2.24) is 9.88 Å². The molecule has 0 radical (unpaired) electrons. The van der Waals surface area contributed by atoms with Gasteiger partial charge in [0.05, 0.1) is 12.7 Å². The number of pyridine rings is 1. The number of ketones is 1. The van der Waals surface area contributed by atoms with Crippen molar-refractivity contribution in [2.45, 2.75) is 32.0 Å². The second-order valence-electron chi connectivity index (χ2n) is 7.91. The lowest BCUT2D eigenvalue weighted by molar-refractivity contribution is -0.137. The van der Waals surface area contributed by atoms with Gasteiger partial charge in [0.2, 0.25) is 0 Å². The Morgan fingerprint density at radius 3 is 2.32 bits per heavy atom. The van der Waals surface area contributed by atoms with Gasteiger partial charge in [-0.2, -0.15) is 13.2 Å². The number of rotatable bonds is 5. The number of amides is 1. The second-order valence-corrected chi connectivity index (χ2v) is 7.91. The van der Waals surface area contributed by atoms with Crippen molar-refractivity contribution in [2.75, 3.05) is 7.11 Å². The maximum Gasteiger partial charge on any atom is 0.416 e. The molecule has 1 aromatic heterocycles. The zero-order chi connectivity index (χ0) is 24.5. The maximum absolute atomic E-state index is 13.3. The number of fused-ring (bicyclic) bond motifs is 1. The molecule has 3 aromatic rings. The number of alkyl halides is 3. The van der Waals surface area contributed by atoms with Gasteiger partial charge in [0, 0.05) is 29.9 Å². The van der Waals surface area contributed by atoms with Crippen LogP contribution in [0.5, 0.6) is 5.75 Å². The first-order chi connectivity index (χ1) is 16.2. The Kier molecular flexibility index (Phi) is 6.28. The number of ether oxygens (including phenoxy) is 1. The van der Waals surface area contributed by atoms with Gasteiger partial charge in [0.15, 0.2) is 5.78 Å². The molecule has 0 aliphatic heterocycles. The lowest BCUT2D eigenvalue weighted by Gasteiger charge is -2.22. The minimum atomic E-state index is -4.53. The lowest BCUT2D eigenvalue weighted by atomic mass is 9.92. The Morgan fingerprint density at radius 1 is 1.03 bits per heavy atom. The number of hydrogen-bond acceptors (Lipinski definition) is 4. The summed E-state index contributed by atoms with van der Waals surface area (Å²) in [6.07, 6.45) is -3.35. The third-order valence-corrected chi connectivity index (χ3v) is 5.73. The maximum atomic E-state index is 13.3. The first kappa shape index (κ1) is 23.3. The van der Waals surface area contributed by atoms with E-state index in [1.54, 1.807) is 24.3 Å². The zero-order valence-corrected chi connectivity index (χ0v) is 18.2. The normalized spacial score (nSPS) is 13.4. The van der Waals surface area contributed by atoms with E-state index in [1.807, 2.05) is 0 Å². The van der Waals surface area contributed by atoms with Crippen molar-refractivity contribution in [3.05, 3.63) is 92.9 Å². The van der Waals surface area contributed by atoms with Crippen LogP contribution in [0.25, 0.3) is 5.69 Å². The molecule has 0 fully saturated rings. The molecule has 0 saturated carbocycles. The third-order valence-electron chi connectivity index (χ3n) is 5.73. The van der Waals surface area contributed by atoms with Gasteiger partial charge in [0.1, 0.15) is 11.3 Å². The standard InChI is InChI=1S/C25H21F3N2O4/c1-34-18-11-5-15(6-12-18)14-29-23(32)20-13-19-21(3-2-4-22(19)31)30(24(20)33)17-9-7-16(8-10-17)25(26,27)28/h5-13H,2-4,14H2,1H3,(H,29,32). The summed E-state index contributed by atoms with van der Waals surface area (Å²) in [5, 5.41) is 2.67. The number of nitrogens with one attached hydrogen (secondary N) is 1. The van der Waals surface area contributed by atoms with Gasteiger partial charge >= 0.3 is 6.18 Å². The summed E-state index contributed by atoms with van der Waals surface area (Å²) in [5.74, 6) is -0.239. The van der Waals surface area contributed by atoms with E-state index in [9.17, 15) is 27.6 Å². The molecule has 2 aromatic carbocycles. The first-order valence-electron chi connectivity index (χ1n) is 10.6. The third kappa shape index (κ3) is 4.59. The summed E-state index contributed by atoms with van der Waals surface area (Å²) in [4.78, 5) is 38.8. The molecule has 1 heterocycles. The van der Waals surface area contributed by atoms with Crippen molar-refractivity contribution >= 4 is 11.7 Å². The largest absolute Gasteiger partial charge is 0.497 e. The van der Waals surface area contributed by atoms with Crippen molar-refractivity contribution in [3.63, 3.8) is 0 Å². The first-order valence-corrected chi connectivity index (χ1v) is 10.6. The minimum Gasteiger partial charge on any atom is -0.497 e. The van der Waals surface area contributed by atoms with Crippen LogP contribution in [0.1, 0.15) is 50.4 Å². The molecular formula is C25H21F3N2O4. The average molecular weight is 470 g/mol. The van der Waals surface area contributed by atoms with Crippen molar-refractivity contribution in [2.24, 2.45) is 0 Å². The predicted molar refractivity (Wildman–Crippen MR) is 118 cm³/mol. The number of carbonyl (C=O) groups is 2. The Labute approximate surface area is 193 Å². The second kappa shape index (κ2) is 9.17. The van der Waals surface area contributed by atoms with E-state index < -0.39 is 23.2 Å². The zero-order valence-electron chi connectivity index (χ0n) is 18.2. The monoisotopic (exact) mass is 470 g/mol. The number of nitrogens with zero attached hydrogens (tertiary/aromatic N) is 1. The van der Waals surface area contributed by atoms with Crippen LogP contribution in [0, 0.1) is 0 Å². The van der Waals surface area contributed by atoms with Crippen molar-refractivity contribution in [1.29, 1.82) is 0 Å². The van der Waals surface area contributed by atoms with Gasteiger partial charge in [-0.1, -0.05) is 12.1 Å². The van der Waals surface area contributed by atoms with Gasteiger partial charge in [-0.05, 0) is 60.9 Å². The molecule has 4 rings (SSSR count). The lowest BCUT2D eigenvalue weighted by Crippen LogP contribution is -2.36. The van der Waals surface area contributed by atoms with E-state index >= 15 is 0 Å². The Bertz CT molecular complexity index is 1290. The van der Waals surface area contributed by atoms with Gasteiger partial charge < -0.3 is 10.1 Å². The molecule has 34 heavy (non-hydrogen) atoms. The molecule has 0 bridgehead atoms. The summed E-state index contributed by atoms with van der Waals surface area (Å²) >= 11 is 0. The number of methoxy groups -OCH3 is 1. The summed E-state index contributed by atoms with van der Waals surface area (Å²) < 4.78 is 45.2. The van der Waals surface area contributed by atoms with E-state index in [-0.39, 0.29) is 35.6 Å². The Hall–Kier alpha value is -3.88. The van der Waals surface area contributed by atoms with Gasteiger partial charge in [-0.25, -0.2) is 0 Å². The van der Waals surface area contributed by atoms with Crippen molar-refractivity contribution < 1.29 is 27.5 Å². The number of halogens is 3. The number of hydrogen-bond donors (Lipinski definition) is 1. The molecule has 176 valence electrons. The minimum absolute atomic E-state index is 0.133. The van der Waals surface area contributed by atoms with Gasteiger partial charge in [-0.3, -0.25) is 19.0 Å². The van der Waals surface area contributed by atoms with Crippen LogP contribution in [0.4, 0.5) is 13.2 Å². The van der Waals surface area contributed by atoms with E-state index in [4.69, 9.17) is 4.74 Å². The van der Waals surface area contributed by atoms with Crippen molar-refractivity contribution in [3.8, 4) is 11.4 Å². The van der Waals surface area contributed by atoms with E-state index in [1.165, 1.54) is 29.9 Å². The highest BCUT2D eigenvalue weighted by Crippen LogP contribution is 2.30. The molecule has 0 unspecified atom stereocenters. The summed E-state index contributed by atoms with van der Waals surface area (Å²) in [5.41, 5.74) is -0.237. The molecule has 0 saturated heterocycles. The fourth-order valence-electron chi connectivity index (χ4n) is 3.95. The SMILES string of the molecule is COc1ccc(CNC(=O)c2cc3c(n(-c4ccc(C(F)(F)F)cc4)c2=O)CCCC3=O)cc1. The summed E-state index contributed by atoms with van der Waals surface area (Å²) in [6.45, 7) is 0.133. The fourth-order valence-corrected chi connectivity index (χ4v) is 3.95. The topological polar surface area (TPSA) is 77.4 Å². The van der Waals surface area contributed by atoms with E-state index in [0.29, 0.717) is 24.3 Å². The Balaban J connectivity index is 1.72. The Morgan fingerprint density at radius 2 is 1.71 bits per heavy atom. The molecule has 1 amide bonds. The van der Waals surface area contributed by atoms with E-state index in [0.717, 1.165) is 17.7 Å². The number of Topliss-reactive ketones (excluding diaryl/α,β-unsaturated/α-hetero) is 1. The quantitative estimate of drug-likeness (QED) is 0.603. The highest BCUT2D eigenvalue weighted by molar-refractivity contribution is 6.01. The number of aromatic nitrogens is 1. The van der Waals surface area contributed by atoms with Crippen LogP contribution in [0.2, 0.25) is 0 Å². The highest BCUT2D eigenvalue weighted by Gasteiger charge is 2.31.